The Labute approximate surface area is 143 Å². The Morgan fingerprint density at radius 1 is 1.25 bits per heavy atom. The van der Waals surface area contributed by atoms with Gasteiger partial charge >= 0.3 is 6.09 Å². The SMILES string of the molecule is CN(CC(=O)NC[C@H](CCO)c1ccccc1)C(=O)OC(C)(C)C. The van der Waals surface area contributed by atoms with Gasteiger partial charge < -0.3 is 20.1 Å². The summed E-state index contributed by atoms with van der Waals surface area (Å²) in [4.78, 5) is 25.1. The van der Waals surface area contributed by atoms with Gasteiger partial charge in [-0.1, -0.05) is 30.3 Å². The first-order valence-corrected chi connectivity index (χ1v) is 8.09. The lowest BCUT2D eigenvalue weighted by molar-refractivity contribution is -0.122. The van der Waals surface area contributed by atoms with Gasteiger partial charge in [0.15, 0.2) is 0 Å². The molecule has 0 saturated carbocycles. The van der Waals surface area contributed by atoms with Crippen LogP contribution in [0.5, 0.6) is 0 Å². The number of benzene rings is 1. The summed E-state index contributed by atoms with van der Waals surface area (Å²) >= 11 is 0. The summed E-state index contributed by atoms with van der Waals surface area (Å²) in [5.74, 6) is -0.228. The number of aliphatic hydroxyl groups excluding tert-OH is 1. The van der Waals surface area contributed by atoms with Gasteiger partial charge in [-0.05, 0) is 32.8 Å². The summed E-state index contributed by atoms with van der Waals surface area (Å²) in [5, 5.41) is 12.0. The molecule has 6 nitrogen and oxygen atoms in total. The van der Waals surface area contributed by atoms with Gasteiger partial charge in [-0.25, -0.2) is 4.79 Å². The van der Waals surface area contributed by atoms with Crippen molar-refractivity contribution < 1.29 is 19.4 Å². The molecule has 0 saturated heterocycles. The average molecular weight is 336 g/mol. The second-order valence-corrected chi connectivity index (χ2v) is 6.76. The number of carbonyl (C=O) groups excluding carboxylic acids is 2. The van der Waals surface area contributed by atoms with E-state index in [1.54, 1.807) is 20.8 Å². The van der Waals surface area contributed by atoms with Crippen LogP contribution >= 0.6 is 0 Å². The summed E-state index contributed by atoms with van der Waals surface area (Å²) in [5.41, 5.74) is 0.466. The predicted octanol–water partition coefficient (Wildman–Crippen LogP) is 2.14. The molecular weight excluding hydrogens is 308 g/mol. The largest absolute Gasteiger partial charge is 0.444 e. The first-order valence-electron chi connectivity index (χ1n) is 8.09. The van der Waals surface area contributed by atoms with E-state index in [9.17, 15) is 14.7 Å². The van der Waals surface area contributed by atoms with Crippen LogP contribution in [0.25, 0.3) is 0 Å². The Hall–Kier alpha value is -2.08. The Morgan fingerprint density at radius 2 is 1.88 bits per heavy atom. The average Bonchev–Trinajstić information content (AvgIpc) is 2.50. The molecular formula is C18H28N2O4. The van der Waals surface area contributed by atoms with Gasteiger partial charge in [0.05, 0.1) is 0 Å². The molecule has 2 amide bonds. The van der Waals surface area contributed by atoms with Crippen LogP contribution in [0.1, 0.15) is 38.7 Å². The Kier molecular flexibility index (Phi) is 7.71. The number of hydrogen-bond acceptors (Lipinski definition) is 4. The van der Waals surface area contributed by atoms with Crippen molar-refractivity contribution in [3.05, 3.63) is 35.9 Å². The number of rotatable bonds is 7. The third kappa shape index (κ3) is 7.46. The minimum Gasteiger partial charge on any atom is -0.444 e. The monoisotopic (exact) mass is 336 g/mol. The van der Waals surface area contributed by atoms with Crippen LogP contribution in [-0.2, 0) is 9.53 Å². The molecule has 0 aliphatic rings. The Morgan fingerprint density at radius 3 is 2.42 bits per heavy atom. The van der Waals surface area contributed by atoms with Crippen LogP contribution in [0.3, 0.4) is 0 Å². The minimum absolute atomic E-state index is 0.0342. The van der Waals surface area contributed by atoms with E-state index < -0.39 is 11.7 Å². The predicted molar refractivity (Wildman–Crippen MR) is 92.8 cm³/mol. The van der Waals surface area contributed by atoms with Crippen molar-refractivity contribution in [1.29, 1.82) is 0 Å². The molecule has 134 valence electrons. The van der Waals surface area contributed by atoms with E-state index in [1.165, 1.54) is 11.9 Å². The first-order chi connectivity index (χ1) is 11.2. The van der Waals surface area contributed by atoms with Crippen LogP contribution in [0.4, 0.5) is 4.79 Å². The maximum atomic E-state index is 12.0. The highest BCUT2D eigenvalue weighted by molar-refractivity contribution is 5.82. The topological polar surface area (TPSA) is 78.9 Å². The maximum Gasteiger partial charge on any atom is 0.410 e. The second-order valence-electron chi connectivity index (χ2n) is 6.76. The number of hydrogen-bond donors (Lipinski definition) is 2. The Bertz CT molecular complexity index is 526. The molecule has 0 aromatic heterocycles. The normalized spacial score (nSPS) is 12.4. The van der Waals surface area contributed by atoms with Crippen LogP contribution in [0.2, 0.25) is 0 Å². The highest BCUT2D eigenvalue weighted by Crippen LogP contribution is 2.18. The number of amides is 2. The number of ether oxygens (including phenoxy) is 1. The van der Waals surface area contributed by atoms with E-state index in [1.807, 2.05) is 30.3 Å². The van der Waals surface area contributed by atoms with Crippen LogP contribution in [-0.4, -0.2) is 54.4 Å². The summed E-state index contributed by atoms with van der Waals surface area (Å²) < 4.78 is 5.21. The molecule has 6 heteroatoms. The molecule has 0 aliphatic heterocycles. The first kappa shape index (κ1) is 20.0. The van der Waals surface area contributed by atoms with E-state index in [0.717, 1.165) is 5.56 Å². The Balaban J connectivity index is 2.50. The van der Waals surface area contributed by atoms with Crippen molar-refractivity contribution in [2.24, 2.45) is 0 Å². The molecule has 0 radical (unpaired) electrons. The fourth-order valence-corrected chi connectivity index (χ4v) is 2.18. The lowest BCUT2D eigenvalue weighted by atomic mass is 9.96. The van der Waals surface area contributed by atoms with Gasteiger partial charge in [0.25, 0.3) is 0 Å². The zero-order chi connectivity index (χ0) is 18.2. The van der Waals surface area contributed by atoms with Gasteiger partial charge in [0, 0.05) is 26.1 Å². The van der Waals surface area contributed by atoms with Gasteiger partial charge in [-0.2, -0.15) is 0 Å². The van der Waals surface area contributed by atoms with E-state index >= 15 is 0 Å². The molecule has 0 unspecified atom stereocenters. The number of nitrogens with one attached hydrogen (secondary N) is 1. The molecule has 1 aromatic rings. The van der Waals surface area contributed by atoms with E-state index in [4.69, 9.17) is 4.74 Å². The van der Waals surface area contributed by atoms with Crippen molar-refractivity contribution in [2.75, 3.05) is 26.7 Å². The number of aliphatic hydroxyl groups is 1. The molecule has 1 rings (SSSR count). The fourth-order valence-electron chi connectivity index (χ4n) is 2.18. The summed E-state index contributed by atoms with van der Waals surface area (Å²) in [6.45, 7) is 5.71. The molecule has 0 spiro atoms. The van der Waals surface area contributed by atoms with Gasteiger partial charge in [-0.3, -0.25) is 4.79 Å². The third-order valence-electron chi connectivity index (χ3n) is 3.38. The van der Waals surface area contributed by atoms with E-state index in [2.05, 4.69) is 5.32 Å². The summed E-state index contributed by atoms with van der Waals surface area (Å²) in [6.07, 6.45) is 0.0271. The zero-order valence-corrected chi connectivity index (χ0v) is 14.9. The molecule has 0 heterocycles. The van der Waals surface area contributed by atoms with E-state index in [-0.39, 0.29) is 25.0 Å². The van der Waals surface area contributed by atoms with Crippen molar-refractivity contribution in [2.45, 2.75) is 38.7 Å². The second kappa shape index (κ2) is 9.27. The van der Waals surface area contributed by atoms with Crippen LogP contribution < -0.4 is 5.32 Å². The third-order valence-corrected chi connectivity index (χ3v) is 3.38. The zero-order valence-electron chi connectivity index (χ0n) is 14.9. The molecule has 0 fully saturated rings. The number of carbonyl (C=O) groups is 2. The van der Waals surface area contributed by atoms with Crippen LogP contribution in [0, 0.1) is 0 Å². The van der Waals surface area contributed by atoms with Crippen molar-refractivity contribution >= 4 is 12.0 Å². The molecule has 1 aromatic carbocycles. The van der Waals surface area contributed by atoms with Crippen LogP contribution in [0.15, 0.2) is 30.3 Å². The molecule has 0 bridgehead atoms. The molecule has 0 aliphatic carbocycles. The van der Waals surface area contributed by atoms with Crippen molar-refractivity contribution in [3.8, 4) is 0 Å². The summed E-state index contributed by atoms with van der Waals surface area (Å²) in [7, 11) is 1.52. The number of likely N-dealkylation sites (N-methyl/N-ethyl adjacent to an activating group) is 1. The van der Waals surface area contributed by atoms with Crippen molar-refractivity contribution in [1.82, 2.24) is 10.2 Å². The quantitative estimate of drug-likeness (QED) is 0.799. The minimum atomic E-state index is -0.596. The highest BCUT2D eigenvalue weighted by Gasteiger charge is 2.21. The summed E-state index contributed by atoms with van der Waals surface area (Å²) in [6, 6.07) is 9.72. The lowest BCUT2D eigenvalue weighted by Crippen LogP contribution is -2.41. The molecule has 2 N–H and O–H groups in total. The number of nitrogens with zero attached hydrogens (tertiary/aromatic N) is 1. The highest BCUT2D eigenvalue weighted by atomic mass is 16.6. The molecule has 1 atom stereocenters. The van der Waals surface area contributed by atoms with Gasteiger partial charge in [0.1, 0.15) is 12.1 Å². The van der Waals surface area contributed by atoms with E-state index in [0.29, 0.717) is 13.0 Å². The lowest BCUT2D eigenvalue weighted by Gasteiger charge is -2.24. The molecule has 24 heavy (non-hydrogen) atoms. The van der Waals surface area contributed by atoms with Gasteiger partial charge in [-0.15, -0.1) is 0 Å². The fraction of sp³-hybridized carbons (Fsp3) is 0.556. The standard InChI is InChI=1S/C18H28N2O4/c1-18(2,3)24-17(23)20(4)13-16(22)19-12-15(10-11-21)14-8-6-5-7-9-14/h5-9,15,21H,10-13H2,1-4H3,(H,19,22)/t15-/m0/s1. The van der Waals surface area contributed by atoms with Gasteiger partial charge in [0.2, 0.25) is 5.91 Å². The smallest absolute Gasteiger partial charge is 0.410 e. The maximum absolute atomic E-state index is 12.0. The van der Waals surface area contributed by atoms with Crippen molar-refractivity contribution in [3.63, 3.8) is 0 Å².